The molecule has 0 saturated heterocycles. The van der Waals surface area contributed by atoms with Gasteiger partial charge in [0.25, 0.3) is 0 Å². The number of carbonyl (C=O) groups excluding carboxylic acids is 1. The zero-order chi connectivity index (χ0) is 17.6. The highest BCUT2D eigenvalue weighted by molar-refractivity contribution is 6.35. The first-order valence-corrected chi connectivity index (χ1v) is 7.88. The van der Waals surface area contributed by atoms with Crippen molar-refractivity contribution >= 4 is 45.2 Å². The molecule has 2 aromatic heterocycles. The average Bonchev–Trinajstić information content (AvgIpc) is 2.99. The molecule has 25 heavy (non-hydrogen) atoms. The SMILES string of the molecule is O=C(O)c1cc2c([nH]c3ccccc32)c(C(=O)c2ccccc2Cl)n1. The molecule has 0 fully saturated rings. The van der Waals surface area contributed by atoms with E-state index in [1.807, 2.05) is 24.3 Å². The highest BCUT2D eigenvalue weighted by Crippen LogP contribution is 2.29. The van der Waals surface area contributed by atoms with E-state index in [1.54, 1.807) is 24.3 Å². The minimum atomic E-state index is -1.19. The molecule has 6 heteroatoms. The fraction of sp³-hybridized carbons (Fsp3) is 0. The zero-order valence-corrected chi connectivity index (χ0v) is 13.5. The number of hydrogen-bond acceptors (Lipinski definition) is 3. The molecule has 0 atom stereocenters. The predicted octanol–water partition coefficient (Wildman–Crippen LogP) is 4.30. The molecule has 0 unspecified atom stereocenters. The van der Waals surface area contributed by atoms with Crippen LogP contribution in [-0.2, 0) is 0 Å². The molecule has 5 nitrogen and oxygen atoms in total. The Balaban J connectivity index is 2.07. The van der Waals surface area contributed by atoms with Crippen LogP contribution in [0.3, 0.4) is 0 Å². The Labute approximate surface area is 146 Å². The molecule has 4 aromatic rings. The number of hydrogen-bond donors (Lipinski definition) is 2. The number of nitrogens with one attached hydrogen (secondary N) is 1. The molecule has 0 aliphatic heterocycles. The number of aromatic nitrogens is 2. The van der Waals surface area contributed by atoms with Gasteiger partial charge in [-0.2, -0.15) is 0 Å². The molecular weight excluding hydrogens is 340 g/mol. The number of rotatable bonds is 3. The lowest BCUT2D eigenvalue weighted by molar-refractivity contribution is 0.0690. The number of carbonyl (C=O) groups is 2. The number of benzene rings is 2. The Kier molecular flexibility index (Phi) is 3.51. The Morgan fingerprint density at radius 1 is 1.00 bits per heavy atom. The number of para-hydroxylation sites is 1. The third-order valence-electron chi connectivity index (χ3n) is 4.05. The summed E-state index contributed by atoms with van der Waals surface area (Å²) in [7, 11) is 0. The number of ketones is 1. The van der Waals surface area contributed by atoms with Gasteiger partial charge in [-0.3, -0.25) is 4.79 Å². The Morgan fingerprint density at radius 3 is 2.48 bits per heavy atom. The highest BCUT2D eigenvalue weighted by Gasteiger charge is 2.22. The number of nitrogens with zero attached hydrogens (tertiary/aromatic N) is 1. The minimum Gasteiger partial charge on any atom is -0.477 e. The third-order valence-corrected chi connectivity index (χ3v) is 4.38. The number of halogens is 1. The summed E-state index contributed by atoms with van der Waals surface area (Å²) in [5.74, 6) is -1.62. The first-order chi connectivity index (χ1) is 12.1. The molecule has 2 aromatic carbocycles. The normalized spacial score (nSPS) is 11.1. The predicted molar refractivity (Wildman–Crippen MR) is 95.4 cm³/mol. The van der Waals surface area contributed by atoms with E-state index in [1.165, 1.54) is 6.07 Å². The topological polar surface area (TPSA) is 83.0 Å². The maximum absolute atomic E-state index is 13.0. The second-order valence-corrected chi connectivity index (χ2v) is 5.97. The van der Waals surface area contributed by atoms with Crippen molar-refractivity contribution < 1.29 is 14.7 Å². The van der Waals surface area contributed by atoms with Crippen LogP contribution in [0.4, 0.5) is 0 Å². The van der Waals surface area contributed by atoms with Gasteiger partial charge in [0.2, 0.25) is 5.78 Å². The van der Waals surface area contributed by atoms with E-state index >= 15 is 0 Å². The lowest BCUT2D eigenvalue weighted by atomic mass is 10.0. The summed E-state index contributed by atoms with van der Waals surface area (Å²) < 4.78 is 0. The first kappa shape index (κ1) is 15.4. The van der Waals surface area contributed by atoms with Crippen LogP contribution in [0.5, 0.6) is 0 Å². The number of aromatic carboxylic acids is 1. The molecule has 4 rings (SSSR count). The summed E-state index contributed by atoms with van der Waals surface area (Å²) >= 11 is 6.13. The second kappa shape index (κ2) is 5.72. The lowest BCUT2D eigenvalue weighted by Gasteiger charge is -2.06. The van der Waals surface area contributed by atoms with Gasteiger partial charge in [0, 0.05) is 21.9 Å². The van der Waals surface area contributed by atoms with Crippen LogP contribution in [0.25, 0.3) is 21.8 Å². The van der Waals surface area contributed by atoms with Crippen LogP contribution in [0.15, 0.2) is 54.6 Å². The molecule has 0 radical (unpaired) electrons. The molecule has 122 valence electrons. The molecule has 0 spiro atoms. The van der Waals surface area contributed by atoms with Crippen molar-refractivity contribution in [2.45, 2.75) is 0 Å². The molecular formula is C19H11ClN2O3. The fourth-order valence-electron chi connectivity index (χ4n) is 2.89. The number of fused-ring (bicyclic) bond motifs is 3. The minimum absolute atomic E-state index is 0.0409. The van der Waals surface area contributed by atoms with Crippen LogP contribution in [0, 0.1) is 0 Å². The summed E-state index contributed by atoms with van der Waals surface area (Å²) in [5.41, 5.74) is 1.43. The van der Waals surface area contributed by atoms with E-state index < -0.39 is 11.8 Å². The number of carboxylic acids is 1. The van der Waals surface area contributed by atoms with Gasteiger partial charge in [0.05, 0.1) is 10.5 Å². The van der Waals surface area contributed by atoms with Gasteiger partial charge >= 0.3 is 5.97 Å². The lowest BCUT2D eigenvalue weighted by Crippen LogP contribution is -2.10. The van der Waals surface area contributed by atoms with Crippen LogP contribution in [0.1, 0.15) is 26.5 Å². The van der Waals surface area contributed by atoms with Crippen molar-refractivity contribution in [2.24, 2.45) is 0 Å². The summed E-state index contributed by atoms with van der Waals surface area (Å²) in [5, 5.41) is 11.1. The van der Waals surface area contributed by atoms with Gasteiger partial charge in [0.15, 0.2) is 0 Å². The van der Waals surface area contributed by atoms with E-state index in [2.05, 4.69) is 9.97 Å². The van der Waals surface area contributed by atoms with Gasteiger partial charge in [-0.15, -0.1) is 0 Å². The second-order valence-electron chi connectivity index (χ2n) is 5.56. The summed E-state index contributed by atoms with van der Waals surface area (Å²) in [6.45, 7) is 0. The number of H-pyrrole nitrogens is 1. The van der Waals surface area contributed by atoms with E-state index in [4.69, 9.17) is 11.6 Å². The van der Waals surface area contributed by atoms with Gasteiger partial charge in [0.1, 0.15) is 11.4 Å². The molecule has 0 amide bonds. The monoisotopic (exact) mass is 350 g/mol. The average molecular weight is 351 g/mol. The molecule has 0 aliphatic rings. The zero-order valence-electron chi connectivity index (χ0n) is 12.8. The fourth-order valence-corrected chi connectivity index (χ4v) is 3.11. The van der Waals surface area contributed by atoms with Crippen molar-refractivity contribution in [1.29, 1.82) is 0 Å². The van der Waals surface area contributed by atoms with Crippen molar-refractivity contribution in [1.82, 2.24) is 9.97 Å². The molecule has 2 heterocycles. The Bertz CT molecular complexity index is 1160. The van der Waals surface area contributed by atoms with Gasteiger partial charge in [-0.25, -0.2) is 9.78 Å². The number of aromatic amines is 1. The molecule has 2 N–H and O–H groups in total. The Morgan fingerprint density at radius 2 is 1.72 bits per heavy atom. The molecule has 0 bridgehead atoms. The van der Waals surface area contributed by atoms with Gasteiger partial charge in [-0.1, -0.05) is 41.9 Å². The summed E-state index contributed by atoms with van der Waals surface area (Å²) in [6, 6.07) is 15.5. The van der Waals surface area contributed by atoms with Crippen LogP contribution < -0.4 is 0 Å². The maximum Gasteiger partial charge on any atom is 0.354 e. The van der Waals surface area contributed by atoms with Crippen molar-refractivity contribution in [3.05, 3.63) is 76.6 Å². The van der Waals surface area contributed by atoms with Crippen LogP contribution in [0.2, 0.25) is 5.02 Å². The number of carboxylic acid groups (broad SMARTS) is 1. The maximum atomic E-state index is 13.0. The van der Waals surface area contributed by atoms with E-state index in [9.17, 15) is 14.7 Å². The third kappa shape index (κ3) is 2.45. The van der Waals surface area contributed by atoms with Crippen molar-refractivity contribution in [2.75, 3.05) is 0 Å². The summed E-state index contributed by atoms with van der Waals surface area (Å²) in [4.78, 5) is 31.7. The highest BCUT2D eigenvalue weighted by atomic mass is 35.5. The van der Waals surface area contributed by atoms with Crippen LogP contribution >= 0.6 is 11.6 Å². The van der Waals surface area contributed by atoms with Gasteiger partial charge in [-0.05, 0) is 24.3 Å². The van der Waals surface area contributed by atoms with Gasteiger partial charge < -0.3 is 10.1 Å². The number of pyridine rings is 1. The first-order valence-electron chi connectivity index (χ1n) is 7.50. The van der Waals surface area contributed by atoms with E-state index in [0.717, 1.165) is 10.9 Å². The Hall–Kier alpha value is -3.18. The van der Waals surface area contributed by atoms with E-state index in [0.29, 0.717) is 15.9 Å². The van der Waals surface area contributed by atoms with Crippen molar-refractivity contribution in [3.8, 4) is 0 Å². The molecule has 0 aliphatic carbocycles. The summed E-state index contributed by atoms with van der Waals surface area (Å²) in [6.07, 6.45) is 0. The largest absolute Gasteiger partial charge is 0.477 e. The molecule has 0 saturated carbocycles. The quantitative estimate of drug-likeness (QED) is 0.540. The smallest absolute Gasteiger partial charge is 0.354 e. The standard InChI is InChI=1S/C19H11ClN2O3/c20-13-7-3-1-6-11(13)18(23)17-16-12(9-15(22-17)19(24)25)10-5-2-4-8-14(10)21-16/h1-9,21H,(H,24,25). The van der Waals surface area contributed by atoms with Crippen molar-refractivity contribution in [3.63, 3.8) is 0 Å². The van der Waals surface area contributed by atoms with E-state index in [-0.39, 0.29) is 17.0 Å². The van der Waals surface area contributed by atoms with Crippen LogP contribution in [-0.4, -0.2) is 26.8 Å².